The Labute approximate surface area is 120 Å². The van der Waals surface area contributed by atoms with Crippen LogP contribution in [-0.2, 0) is 4.79 Å². The molecule has 1 saturated heterocycles. The van der Waals surface area contributed by atoms with Crippen LogP contribution in [0.5, 0.6) is 0 Å². The first-order valence-electron chi connectivity index (χ1n) is 7.42. The summed E-state index contributed by atoms with van der Waals surface area (Å²) in [6, 6.07) is 6.50. The van der Waals surface area contributed by atoms with Crippen molar-refractivity contribution in [2.75, 3.05) is 0 Å². The molecule has 1 heterocycles. The summed E-state index contributed by atoms with van der Waals surface area (Å²) in [6.07, 6.45) is 2.44. The molecule has 0 bridgehead atoms. The molecule has 1 fully saturated rings. The second kappa shape index (κ2) is 6.35. The van der Waals surface area contributed by atoms with Gasteiger partial charge in [-0.25, -0.2) is 4.39 Å². The maximum Gasteiger partial charge on any atom is 0.241 e. The highest BCUT2D eigenvalue weighted by atomic mass is 19.1. The van der Waals surface area contributed by atoms with Crippen LogP contribution in [0.25, 0.3) is 0 Å². The number of rotatable bonds is 5. The summed E-state index contributed by atoms with van der Waals surface area (Å²) < 4.78 is 13.4. The third-order valence-electron chi connectivity index (χ3n) is 4.00. The van der Waals surface area contributed by atoms with Gasteiger partial charge in [-0.05, 0) is 37.5 Å². The van der Waals surface area contributed by atoms with E-state index < -0.39 is 0 Å². The molecule has 4 heteroatoms. The summed E-state index contributed by atoms with van der Waals surface area (Å²) >= 11 is 0. The topological polar surface area (TPSA) is 32.3 Å². The predicted octanol–water partition coefficient (Wildman–Crippen LogP) is 3.22. The van der Waals surface area contributed by atoms with Gasteiger partial charge < -0.3 is 4.90 Å². The number of nitrogens with zero attached hydrogens (tertiary/aromatic N) is 1. The van der Waals surface area contributed by atoms with Crippen molar-refractivity contribution < 1.29 is 9.18 Å². The molecule has 1 aromatic carbocycles. The normalized spacial score (nSPS) is 24.2. The van der Waals surface area contributed by atoms with E-state index in [1.165, 1.54) is 12.1 Å². The van der Waals surface area contributed by atoms with E-state index in [9.17, 15) is 9.18 Å². The number of benzene rings is 1. The lowest BCUT2D eigenvalue weighted by Crippen LogP contribution is -2.38. The number of hydrogen-bond acceptors (Lipinski definition) is 2. The number of hydrogen-bond donors (Lipinski definition) is 1. The molecule has 0 aromatic heterocycles. The zero-order valence-electron chi connectivity index (χ0n) is 12.4. The van der Waals surface area contributed by atoms with Crippen molar-refractivity contribution in [3.05, 3.63) is 35.6 Å². The molecule has 0 spiro atoms. The number of amides is 1. The van der Waals surface area contributed by atoms with Crippen molar-refractivity contribution in [2.24, 2.45) is 0 Å². The molecule has 1 aliphatic rings. The van der Waals surface area contributed by atoms with Gasteiger partial charge in [0, 0.05) is 6.04 Å². The number of carbonyl (C=O) groups is 1. The monoisotopic (exact) mass is 278 g/mol. The Balaban J connectivity index is 2.31. The van der Waals surface area contributed by atoms with Crippen LogP contribution < -0.4 is 5.32 Å². The third-order valence-corrected chi connectivity index (χ3v) is 4.00. The molecule has 3 atom stereocenters. The highest BCUT2D eigenvalue weighted by Crippen LogP contribution is 2.30. The van der Waals surface area contributed by atoms with Gasteiger partial charge in [0.1, 0.15) is 12.0 Å². The Morgan fingerprint density at radius 1 is 1.40 bits per heavy atom. The van der Waals surface area contributed by atoms with E-state index in [4.69, 9.17) is 0 Å². The fourth-order valence-electron chi connectivity index (χ4n) is 2.75. The highest BCUT2D eigenvalue weighted by molar-refractivity contribution is 5.84. The number of nitrogens with one attached hydrogen (secondary N) is 1. The van der Waals surface area contributed by atoms with E-state index in [0.717, 1.165) is 24.8 Å². The molecule has 1 aliphatic heterocycles. The predicted molar refractivity (Wildman–Crippen MR) is 77.6 cm³/mol. The van der Waals surface area contributed by atoms with Crippen molar-refractivity contribution in [1.82, 2.24) is 10.2 Å². The Morgan fingerprint density at radius 3 is 2.75 bits per heavy atom. The zero-order chi connectivity index (χ0) is 14.7. The zero-order valence-corrected chi connectivity index (χ0v) is 12.4. The minimum absolute atomic E-state index is 0.135. The van der Waals surface area contributed by atoms with Gasteiger partial charge in [0.15, 0.2) is 0 Å². The Hall–Kier alpha value is -1.42. The van der Waals surface area contributed by atoms with Crippen LogP contribution in [0.15, 0.2) is 24.3 Å². The SMILES string of the molecule is CCCC1NC(c2cccc(F)c2)N(C(C)CC)C1=O. The van der Waals surface area contributed by atoms with Gasteiger partial charge in [-0.1, -0.05) is 32.4 Å². The summed E-state index contributed by atoms with van der Waals surface area (Å²) in [5, 5.41) is 3.36. The van der Waals surface area contributed by atoms with E-state index in [0.29, 0.717) is 0 Å². The summed E-state index contributed by atoms with van der Waals surface area (Å²) in [7, 11) is 0. The van der Waals surface area contributed by atoms with Gasteiger partial charge in [-0.2, -0.15) is 0 Å². The van der Waals surface area contributed by atoms with Crippen molar-refractivity contribution in [3.63, 3.8) is 0 Å². The number of halogens is 1. The van der Waals surface area contributed by atoms with E-state index in [1.807, 2.05) is 17.9 Å². The molecule has 1 aromatic rings. The lowest BCUT2D eigenvalue weighted by Gasteiger charge is -2.30. The van der Waals surface area contributed by atoms with Crippen LogP contribution in [0.4, 0.5) is 4.39 Å². The Morgan fingerprint density at radius 2 is 2.15 bits per heavy atom. The van der Waals surface area contributed by atoms with Crippen LogP contribution in [0.2, 0.25) is 0 Å². The minimum atomic E-state index is -0.264. The van der Waals surface area contributed by atoms with Gasteiger partial charge in [0.05, 0.1) is 6.04 Å². The average Bonchev–Trinajstić information content (AvgIpc) is 2.76. The minimum Gasteiger partial charge on any atom is -0.319 e. The van der Waals surface area contributed by atoms with Crippen molar-refractivity contribution in [1.29, 1.82) is 0 Å². The molecule has 110 valence electrons. The second-order valence-electron chi connectivity index (χ2n) is 5.47. The average molecular weight is 278 g/mol. The van der Waals surface area contributed by atoms with Crippen molar-refractivity contribution >= 4 is 5.91 Å². The van der Waals surface area contributed by atoms with E-state index in [2.05, 4.69) is 19.2 Å². The van der Waals surface area contributed by atoms with Crippen LogP contribution in [0, 0.1) is 5.82 Å². The van der Waals surface area contributed by atoms with Gasteiger partial charge in [-0.3, -0.25) is 10.1 Å². The van der Waals surface area contributed by atoms with Crippen molar-refractivity contribution in [3.8, 4) is 0 Å². The quantitative estimate of drug-likeness (QED) is 0.897. The Bertz CT molecular complexity index is 477. The molecule has 1 N–H and O–H groups in total. The molecule has 3 unspecified atom stereocenters. The van der Waals surface area contributed by atoms with Crippen LogP contribution >= 0.6 is 0 Å². The standard InChI is InChI=1S/C16H23FN2O/c1-4-7-14-16(20)19(11(3)5-2)15(18-14)12-8-6-9-13(17)10-12/h6,8-11,14-15,18H,4-5,7H2,1-3H3. The van der Waals surface area contributed by atoms with Gasteiger partial charge >= 0.3 is 0 Å². The largest absolute Gasteiger partial charge is 0.319 e. The molecular formula is C16H23FN2O. The number of carbonyl (C=O) groups excluding carboxylic acids is 1. The van der Waals surface area contributed by atoms with Crippen molar-refractivity contribution in [2.45, 2.75) is 58.3 Å². The first-order chi connectivity index (χ1) is 9.58. The van der Waals surface area contributed by atoms with Gasteiger partial charge in [0.25, 0.3) is 0 Å². The third kappa shape index (κ3) is 2.85. The summed E-state index contributed by atoms with van der Waals surface area (Å²) in [5.41, 5.74) is 0.817. The maximum atomic E-state index is 13.4. The molecule has 0 saturated carbocycles. The Kier molecular flexibility index (Phi) is 4.76. The smallest absolute Gasteiger partial charge is 0.241 e. The van der Waals surface area contributed by atoms with Crippen LogP contribution in [0.3, 0.4) is 0 Å². The lowest BCUT2D eigenvalue weighted by atomic mass is 10.1. The summed E-state index contributed by atoms with van der Waals surface area (Å²) in [6.45, 7) is 6.17. The summed E-state index contributed by atoms with van der Waals surface area (Å²) in [5.74, 6) is -0.129. The van der Waals surface area contributed by atoms with Gasteiger partial charge in [0.2, 0.25) is 5.91 Å². The fraction of sp³-hybridized carbons (Fsp3) is 0.562. The summed E-state index contributed by atoms with van der Waals surface area (Å²) in [4.78, 5) is 14.4. The van der Waals surface area contributed by atoms with Crippen LogP contribution in [0.1, 0.15) is 51.8 Å². The first kappa shape index (κ1) is 15.0. The molecule has 3 nitrogen and oxygen atoms in total. The highest BCUT2D eigenvalue weighted by Gasteiger charge is 2.40. The molecule has 20 heavy (non-hydrogen) atoms. The molecular weight excluding hydrogens is 255 g/mol. The van der Waals surface area contributed by atoms with Gasteiger partial charge in [-0.15, -0.1) is 0 Å². The molecule has 1 amide bonds. The first-order valence-corrected chi connectivity index (χ1v) is 7.42. The van der Waals surface area contributed by atoms with E-state index in [-0.39, 0.29) is 30.0 Å². The van der Waals surface area contributed by atoms with E-state index in [1.54, 1.807) is 6.07 Å². The maximum absolute atomic E-state index is 13.4. The lowest BCUT2D eigenvalue weighted by molar-refractivity contribution is -0.132. The molecule has 2 rings (SSSR count). The molecule has 0 radical (unpaired) electrons. The molecule has 0 aliphatic carbocycles. The van der Waals surface area contributed by atoms with E-state index >= 15 is 0 Å². The van der Waals surface area contributed by atoms with Crippen LogP contribution in [-0.4, -0.2) is 22.9 Å². The second-order valence-corrected chi connectivity index (χ2v) is 5.47. The fourth-order valence-corrected chi connectivity index (χ4v) is 2.75.